The molecule has 0 bridgehead atoms. The third-order valence-electron chi connectivity index (χ3n) is 3.48. The molecular weight excluding hydrogens is 276 g/mol. The summed E-state index contributed by atoms with van der Waals surface area (Å²) in [6.07, 6.45) is 3.62. The van der Waals surface area contributed by atoms with Gasteiger partial charge in [-0.15, -0.1) is 0 Å². The number of rotatable bonds is 7. The number of hydrogen-bond acceptors (Lipinski definition) is 2. The number of allylic oxidation sites excluding steroid dienone is 1. The molecule has 0 spiro atoms. The van der Waals surface area contributed by atoms with Crippen molar-refractivity contribution in [3.05, 3.63) is 83.9 Å². The van der Waals surface area contributed by atoms with Gasteiger partial charge in [0.2, 0.25) is 0 Å². The highest BCUT2D eigenvalue weighted by Gasteiger charge is 2.16. The fourth-order valence-corrected chi connectivity index (χ4v) is 2.36. The van der Waals surface area contributed by atoms with Gasteiger partial charge in [-0.2, -0.15) is 0 Å². The van der Waals surface area contributed by atoms with Crippen LogP contribution in [-0.4, -0.2) is 16.9 Å². The van der Waals surface area contributed by atoms with Crippen LogP contribution in [0.25, 0.3) is 0 Å². The first kappa shape index (κ1) is 15.7. The fraction of sp³-hybridized carbons (Fsp3) is 0.158. The summed E-state index contributed by atoms with van der Waals surface area (Å²) in [5.41, 5.74) is 1.73. The molecule has 2 aromatic carbocycles. The van der Waals surface area contributed by atoms with E-state index in [4.69, 9.17) is 5.11 Å². The van der Waals surface area contributed by atoms with Crippen LogP contribution in [0.2, 0.25) is 0 Å². The summed E-state index contributed by atoms with van der Waals surface area (Å²) in [5.74, 6) is -0.927. The van der Waals surface area contributed by atoms with Crippen LogP contribution in [0.4, 0.5) is 0 Å². The zero-order chi connectivity index (χ0) is 15.8. The van der Waals surface area contributed by atoms with E-state index in [9.17, 15) is 9.59 Å². The molecule has 0 radical (unpaired) electrons. The standard InChI is InChI=1S/C19H18O3/c20-18(16-10-5-2-6-11-16)14-17(12-7-13-19(21)22)15-8-3-1-4-9-15/h1-11,13,17H,12,14H2,(H,21,22). The normalized spacial score (nSPS) is 12.2. The summed E-state index contributed by atoms with van der Waals surface area (Å²) < 4.78 is 0. The Labute approximate surface area is 129 Å². The van der Waals surface area contributed by atoms with Crippen LogP contribution in [0, 0.1) is 0 Å². The van der Waals surface area contributed by atoms with E-state index in [0.717, 1.165) is 11.6 Å². The van der Waals surface area contributed by atoms with Crippen LogP contribution in [0.5, 0.6) is 0 Å². The van der Waals surface area contributed by atoms with Crippen molar-refractivity contribution in [2.75, 3.05) is 0 Å². The van der Waals surface area contributed by atoms with E-state index in [2.05, 4.69) is 0 Å². The Kier molecular flexibility index (Phi) is 5.66. The fourth-order valence-electron chi connectivity index (χ4n) is 2.36. The van der Waals surface area contributed by atoms with Crippen LogP contribution in [0.15, 0.2) is 72.8 Å². The smallest absolute Gasteiger partial charge is 0.327 e. The molecule has 0 aliphatic heterocycles. The zero-order valence-corrected chi connectivity index (χ0v) is 12.2. The van der Waals surface area contributed by atoms with E-state index in [1.165, 1.54) is 0 Å². The zero-order valence-electron chi connectivity index (χ0n) is 12.2. The van der Waals surface area contributed by atoms with E-state index in [1.54, 1.807) is 18.2 Å². The minimum absolute atomic E-state index is 0.0236. The molecule has 0 amide bonds. The SMILES string of the molecule is O=C(O)C=CCC(CC(=O)c1ccccc1)c1ccccc1. The number of aliphatic carboxylic acids is 1. The highest BCUT2D eigenvalue weighted by molar-refractivity contribution is 5.96. The van der Waals surface area contributed by atoms with Crippen molar-refractivity contribution in [1.82, 2.24) is 0 Å². The lowest BCUT2D eigenvalue weighted by Crippen LogP contribution is -2.07. The van der Waals surface area contributed by atoms with Crippen molar-refractivity contribution in [3.63, 3.8) is 0 Å². The van der Waals surface area contributed by atoms with Gasteiger partial charge in [-0.3, -0.25) is 4.79 Å². The Hall–Kier alpha value is -2.68. The molecule has 22 heavy (non-hydrogen) atoms. The number of hydrogen-bond donors (Lipinski definition) is 1. The van der Waals surface area contributed by atoms with E-state index in [-0.39, 0.29) is 11.7 Å². The maximum absolute atomic E-state index is 12.4. The average Bonchev–Trinajstić information content (AvgIpc) is 2.55. The number of carboxylic acid groups (broad SMARTS) is 1. The number of carboxylic acids is 1. The van der Waals surface area contributed by atoms with E-state index in [0.29, 0.717) is 18.4 Å². The van der Waals surface area contributed by atoms with Crippen molar-refractivity contribution in [3.8, 4) is 0 Å². The predicted molar refractivity (Wildman–Crippen MR) is 86.0 cm³/mol. The predicted octanol–water partition coefficient (Wildman–Crippen LogP) is 4.07. The third kappa shape index (κ3) is 4.70. The van der Waals surface area contributed by atoms with Crippen LogP contribution >= 0.6 is 0 Å². The van der Waals surface area contributed by atoms with Crippen molar-refractivity contribution in [2.45, 2.75) is 18.8 Å². The van der Waals surface area contributed by atoms with Gasteiger partial charge in [0.15, 0.2) is 5.78 Å². The molecule has 0 aliphatic rings. The lowest BCUT2D eigenvalue weighted by Gasteiger charge is -2.15. The number of ketones is 1. The van der Waals surface area contributed by atoms with Gasteiger partial charge in [-0.25, -0.2) is 4.79 Å². The van der Waals surface area contributed by atoms with Crippen LogP contribution in [0.3, 0.4) is 0 Å². The monoisotopic (exact) mass is 294 g/mol. The van der Waals surface area contributed by atoms with E-state index in [1.807, 2.05) is 48.5 Å². The molecule has 1 N–H and O–H groups in total. The Morgan fingerprint density at radius 3 is 2.14 bits per heavy atom. The van der Waals surface area contributed by atoms with Crippen molar-refractivity contribution in [1.29, 1.82) is 0 Å². The Balaban J connectivity index is 2.14. The highest BCUT2D eigenvalue weighted by atomic mass is 16.4. The second-order valence-corrected chi connectivity index (χ2v) is 5.08. The molecule has 0 heterocycles. The molecule has 2 aromatic rings. The Bertz CT molecular complexity index is 645. The molecule has 0 aromatic heterocycles. The summed E-state index contributed by atoms with van der Waals surface area (Å²) in [5, 5.41) is 8.70. The minimum atomic E-state index is -0.971. The first-order valence-electron chi connectivity index (χ1n) is 7.19. The summed E-state index contributed by atoms with van der Waals surface area (Å²) in [4.78, 5) is 23.0. The van der Waals surface area contributed by atoms with E-state index < -0.39 is 5.97 Å². The molecule has 3 nitrogen and oxygen atoms in total. The molecule has 0 saturated heterocycles. The largest absolute Gasteiger partial charge is 0.478 e. The average molecular weight is 294 g/mol. The van der Waals surface area contributed by atoms with Gasteiger partial charge in [0.1, 0.15) is 0 Å². The third-order valence-corrected chi connectivity index (χ3v) is 3.48. The molecule has 1 atom stereocenters. The lowest BCUT2D eigenvalue weighted by atomic mass is 9.89. The van der Waals surface area contributed by atoms with Crippen LogP contribution in [-0.2, 0) is 4.79 Å². The summed E-state index contributed by atoms with van der Waals surface area (Å²) >= 11 is 0. The first-order valence-corrected chi connectivity index (χ1v) is 7.19. The van der Waals surface area contributed by atoms with Gasteiger partial charge < -0.3 is 5.11 Å². The number of carbonyl (C=O) groups is 2. The molecule has 112 valence electrons. The van der Waals surface area contributed by atoms with Crippen LogP contribution in [0.1, 0.15) is 34.7 Å². The maximum atomic E-state index is 12.4. The quantitative estimate of drug-likeness (QED) is 0.618. The number of benzene rings is 2. The molecular formula is C19H18O3. The van der Waals surface area contributed by atoms with Crippen LogP contribution < -0.4 is 0 Å². The van der Waals surface area contributed by atoms with Gasteiger partial charge >= 0.3 is 5.97 Å². The van der Waals surface area contributed by atoms with Gasteiger partial charge in [0.05, 0.1) is 0 Å². The Morgan fingerprint density at radius 1 is 0.955 bits per heavy atom. The second-order valence-electron chi connectivity index (χ2n) is 5.08. The van der Waals surface area contributed by atoms with Crippen molar-refractivity contribution in [2.24, 2.45) is 0 Å². The molecule has 0 fully saturated rings. The summed E-state index contributed by atoms with van der Waals surface area (Å²) in [6, 6.07) is 18.9. The van der Waals surface area contributed by atoms with E-state index >= 15 is 0 Å². The van der Waals surface area contributed by atoms with Crippen molar-refractivity contribution < 1.29 is 14.7 Å². The molecule has 0 aliphatic carbocycles. The molecule has 3 heteroatoms. The highest BCUT2D eigenvalue weighted by Crippen LogP contribution is 2.25. The van der Waals surface area contributed by atoms with Gasteiger partial charge in [0.25, 0.3) is 0 Å². The second kappa shape index (κ2) is 7.93. The minimum Gasteiger partial charge on any atom is -0.478 e. The summed E-state index contributed by atoms with van der Waals surface area (Å²) in [6.45, 7) is 0. The van der Waals surface area contributed by atoms with Gasteiger partial charge in [-0.05, 0) is 17.9 Å². The Morgan fingerprint density at radius 2 is 1.55 bits per heavy atom. The first-order chi connectivity index (χ1) is 10.7. The molecule has 2 rings (SSSR count). The number of Topliss-reactive ketones (excluding diaryl/α,β-unsaturated/α-hetero) is 1. The topological polar surface area (TPSA) is 54.4 Å². The van der Waals surface area contributed by atoms with Crippen molar-refractivity contribution >= 4 is 11.8 Å². The number of carbonyl (C=O) groups excluding carboxylic acids is 1. The van der Waals surface area contributed by atoms with Gasteiger partial charge in [-0.1, -0.05) is 66.7 Å². The van der Waals surface area contributed by atoms with Gasteiger partial charge in [0, 0.05) is 18.1 Å². The summed E-state index contributed by atoms with van der Waals surface area (Å²) in [7, 11) is 0. The lowest BCUT2D eigenvalue weighted by molar-refractivity contribution is -0.131. The molecule has 1 unspecified atom stereocenters. The maximum Gasteiger partial charge on any atom is 0.327 e. The molecule has 0 saturated carbocycles.